The molecule has 0 spiro atoms. The summed E-state index contributed by atoms with van der Waals surface area (Å²) in [5.74, 6) is 2.20. The number of nitrogens with zero attached hydrogens (tertiary/aromatic N) is 2. The Bertz CT molecular complexity index is 318. The van der Waals surface area contributed by atoms with Crippen molar-refractivity contribution in [1.82, 2.24) is 15.5 Å². The van der Waals surface area contributed by atoms with Crippen molar-refractivity contribution in [2.75, 3.05) is 13.1 Å². The van der Waals surface area contributed by atoms with E-state index < -0.39 is 0 Å². The fourth-order valence-electron chi connectivity index (χ4n) is 2.08. The van der Waals surface area contributed by atoms with Gasteiger partial charge in [-0.2, -0.15) is 4.98 Å². The second kappa shape index (κ2) is 5.41. The fourth-order valence-corrected chi connectivity index (χ4v) is 2.08. The normalized spacial score (nSPS) is 19.9. The fraction of sp³-hybridized carbons (Fsp3) is 0.818. The topological polar surface area (TPSA) is 77.0 Å². The summed E-state index contributed by atoms with van der Waals surface area (Å²) in [6.45, 7) is 4.15. The predicted molar refractivity (Wildman–Crippen MR) is 60.9 cm³/mol. The highest BCUT2D eigenvalue weighted by Gasteiger charge is 2.17. The quantitative estimate of drug-likeness (QED) is 0.779. The van der Waals surface area contributed by atoms with Gasteiger partial charge in [-0.25, -0.2) is 0 Å². The third-order valence-electron chi connectivity index (χ3n) is 2.94. The highest BCUT2D eigenvalue weighted by molar-refractivity contribution is 4.90. The summed E-state index contributed by atoms with van der Waals surface area (Å²) in [7, 11) is 0. The van der Waals surface area contributed by atoms with Crippen LogP contribution in [0, 0.1) is 5.92 Å². The molecule has 5 heteroatoms. The molecule has 2 heterocycles. The van der Waals surface area contributed by atoms with E-state index in [1.54, 1.807) is 0 Å². The van der Waals surface area contributed by atoms with Crippen LogP contribution >= 0.6 is 0 Å². The first-order valence-electron chi connectivity index (χ1n) is 6.02. The number of nitrogens with two attached hydrogens (primary N) is 1. The molecule has 0 aromatic carbocycles. The van der Waals surface area contributed by atoms with Gasteiger partial charge in [0.1, 0.15) is 0 Å². The van der Waals surface area contributed by atoms with Crippen LogP contribution in [-0.2, 0) is 12.8 Å². The number of aromatic nitrogens is 2. The minimum atomic E-state index is 0.0761. The van der Waals surface area contributed by atoms with Gasteiger partial charge in [0.15, 0.2) is 5.82 Å². The van der Waals surface area contributed by atoms with Crippen LogP contribution in [0.2, 0.25) is 0 Å². The van der Waals surface area contributed by atoms with Gasteiger partial charge in [-0.05, 0) is 38.8 Å². The van der Waals surface area contributed by atoms with E-state index in [0.29, 0.717) is 18.2 Å². The van der Waals surface area contributed by atoms with Crippen molar-refractivity contribution in [2.45, 2.75) is 38.6 Å². The van der Waals surface area contributed by atoms with E-state index in [0.717, 1.165) is 25.3 Å². The zero-order valence-electron chi connectivity index (χ0n) is 9.78. The lowest BCUT2D eigenvalue weighted by Gasteiger charge is -2.20. The molecular formula is C11H20N4O. The molecule has 3 N–H and O–H groups in total. The lowest BCUT2D eigenvalue weighted by atomic mass is 9.94. The van der Waals surface area contributed by atoms with Crippen molar-refractivity contribution >= 4 is 0 Å². The lowest BCUT2D eigenvalue weighted by Crippen LogP contribution is -2.28. The summed E-state index contributed by atoms with van der Waals surface area (Å²) in [6.07, 6.45) is 4.01. The standard InChI is InChI=1S/C11H20N4O/c1-8(12)6-11-14-10(15-16-11)7-9-2-4-13-5-3-9/h8-9,13H,2-7,12H2,1H3. The summed E-state index contributed by atoms with van der Waals surface area (Å²) < 4.78 is 5.16. The van der Waals surface area contributed by atoms with Crippen molar-refractivity contribution in [1.29, 1.82) is 0 Å². The van der Waals surface area contributed by atoms with Gasteiger partial charge in [-0.1, -0.05) is 5.16 Å². The maximum atomic E-state index is 5.68. The maximum Gasteiger partial charge on any atom is 0.228 e. The molecule has 0 radical (unpaired) electrons. The summed E-state index contributed by atoms with van der Waals surface area (Å²) in [5, 5.41) is 7.35. The number of hydrogen-bond donors (Lipinski definition) is 2. The highest BCUT2D eigenvalue weighted by Crippen LogP contribution is 2.16. The number of rotatable bonds is 4. The van der Waals surface area contributed by atoms with Crippen LogP contribution < -0.4 is 11.1 Å². The zero-order chi connectivity index (χ0) is 11.4. The van der Waals surface area contributed by atoms with Gasteiger partial charge in [-0.3, -0.25) is 0 Å². The minimum Gasteiger partial charge on any atom is -0.339 e. The third kappa shape index (κ3) is 3.28. The monoisotopic (exact) mass is 224 g/mol. The summed E-state index contributed by atoms with van der Waals surface area (Å²) in [5.41, 5.74) is 5.68. The van der Waals surface area contributed by atoms with Crippen LogP contribution in [-0.4, -0.2) is 29.3 Å². The number of nitrogens with one attached hydrogen (secondary N) is 1. The minimum absolute atomic E-state index is 0.0761. The van der Waals surface area contributed by atoms with E-state index in [4.69, 9.17) is 10.3 Å². The first kappa shape index (κ1) is 11.5. The Balaban J connectivity index is 1.86. The van der Waals surface area contributed by atoms with Crippen LogP contribution in [0.4, 0.5) is 0 Å². The molecule has 90 valence electrons. The van der Waals surface area contributed by atoms with Gasteiger partial charge in [0, 0.05) is 18.9 Å². The molecule has 16 heavy (non-hydrogen) atoms. The van der Waals surface area contributed by atoms with Crippen molar-refractivity contribution in [2.24, 2.45) is 11.7 Å². The molecule has 1 aliphatic rings. The molecule has 1 aromatic rings. The zero-order valence-corrected chi connectivity index (χ0v) is 9.78. The Kier molecular flexibility index (Phi) is 3.90. The molecule has 0 saturated carbocycles. The number of hydrogen-bond acceptors (Lipinski definition) is 5. The van der Waals surface area contributed by atoms with Crippen molar-refractivity contribution in [3.8, 4) is 0 Å². The molecule has 1 aromatic heterocycles. The Hall–Kier alpha value is -0.940. The third-order valence-corrected chi connectivity index (χ3v) is 2.94. The molecule has 1 aliphatic heterocycles. The summed E-state index contributed by atoms with van der Waals surface area (Å²) in [4.78, 5) is 4.37. The van der Waals surface area contributed by atoms with Crippen molar-refractivity contribution in [3.63, 3.8) is 0 Å². The average molecular weight is 224 g/mol. The first-order valence-corrected chi connectivity index (χ1v) is 6.02. The Morgan fingerprint density at radius 3 is 2.94 bits per heavy atom. The number of piperidine rings is 1. The van der Waals surface area contributed by atoms with E-state index in [9.17, 15) is 0 Å². The van der Waals surface area contributed by atoms with E-state index >= 15 is 0 Å². The SMILES string of the molecule is CC(N)Cc1nc(CC2CCNCC2)no1. The smallest absolute Gasteiger partial charge is 0.228 e. The Morgan fingerprint density at radius 1 is 1.50 bits per heavy atom. The van der Waals surface area contributed by atoms with Crippen LogP contribution in [0.5, 0.6) is 0 Å². The van der Waals surface area contributed by atoms with Gasteiger partial charge < -0.3 is 15.6 Å². The molecule has 1 unspecified atom stereocenters. The van der Waals surface area contributed by atoms with Crippen LogP contribution in [0.25, 0.3) is 0 Å². The lowest BCUT2D eigenvalue weighted by molar-refractivity contribution is 0.345. The average Bonchev–Trinajstić information content (AvgIpc) is 2.66. The Morgan fingerprint density at radius 2 is 2.25 bits per heavy atom. The van der Waals surface area contributed by atoms with Crippen LogP contribution in [0.3, 0.4) is 0 Å². The van der Waals surface area contributed by atoms with E-state index in [-0.39, 0.29) is 6.04 Å². The summed E-state index contributed by atoms with van der Waals surface area (Å²) >= 11 is 0. The maximum absolute atomic E-state index is 5.68. The van der Waals surface area contributed by atoms with E-state index in [1.807, 2.05) is 6.92 Å². The molecule has 0 aliphatic carbocycles. The van der Waals surface area contributed by atoms with Gasteiger partial charge >= 0.3 is 0 Å². The molecule has 2 rings (SSSR count). The molecule has 1 fully saturated rings. The first-order chi connectivity index (χ1) is 7.74. The molecule has 1 atom stereocenters. The Labute approximate surface area is 95.8 Å². The van der Waals surface area contributed by atoms with Crippen molar-refractivity contribution < 1.29 is 4.52 Å². The molecule has 0 amide bonds. The summed E-state index contributed by atoms with van der Waals surface area (Å²) in [6, 6.07) is 0.0761. The van der Waals surface area contributed by atoms with E-state index in [1.165, 1.54) is 12.8 Å². The van der Waals surface area contributed by atoms with Gasteiger partial charge in [0.2, 0.25) is 5.89 Å². The molecule has 0 bridgehead atoms. The second-order valence-electron chi connectivity index (χ2n) is 4.68. The van der Waals surface area contributed by atoms with Gasteiger partial charge in [-0.15, -0.1) is 0 Å². The van der Waals surface area contributed by atoms with Crippen molar-refractivity contribution in [3.05, 3.63) is 11.7 Å². The van der Waals surface area contributed by atoms with Crippen LogP contribution in [0.1, 0.15) is 31.5 Å². The predicted octanol–water partition coefficient (Wildman–Crippen LogP) is 0.501. The van der Waals surface area contributed by atoms with Gasteiger partial charge in [0.25, 0.3) is 0 Å². The largest absolute Gasteiger partial charge is 0.339 e. The molecular weight excluding hydrogens is 204 g/mol. The molecule has 1 saturated heterocycles. The molecule has 5 nitrogen and oxygen atoms in total. The van der Waals surface area contributed by atoms with E-state index in [2.05, 4.69) is 15.5 Å². The van der Waals surface area contributed by atoms with Gasteiger partial charge in [0.05, 0.1) is 0 Å². The highest BCUT2D eigenvalue weighted by atomic mass is 16.5. The second-order valence-corrected chi connectivity index (χ2v) is 4.68. The van der Waals surface area contributed by atoms with Crippen LogP contribution in [0.15, 0.2) is 4.52 Å².